The molecule has 2 aromatic carbocycles. The largest absolute Gasteiger partial charge is 0.109 e. The first-order valence-electron chi connectivity index (χ1n) is 6.57. The quantitative estimate of drug-likeness (QED) is 0.634. The molecule has 0 heterocycles. The zero-order valence-electron chi connectivity index (χ0n) is 10.8. The zero-order valence-corrected chi connectivity index (χ0v) is 11.5. The van der Waals surface area contributed by atoms with Crippen LogP contribution in [0.3, 0.4) is 0 Å². The molecule has 0 N–H and O–H groups in total. The van der Waals surface area contributed by atoms with Crippen molar-refractivity contribution >= 4 is 11.6 Å². The van der Waals surface area contributed by atoms with E-state index in [1.165, 1.54) is 11.1 Å². The van der Waals surface area contributed by atoms with Crippen molar-refractivity contribution in [2.24, 2.45) is 0 Å². The average Bonchev–Trinajstić information content (AvgIpc) is 2.46. The van der Waals surface area contributed by atoms with Gasteiger partial charge in [0.1, 0.15) is 0 Å². The van der Waals surface area contributed by atoms with Crippen LogP contribution in [0, 0.1) is 0 Å². The first kappa shape index (κ1) is 13.2. The molecule has 18 heavy (non-hydrogen) atoms. The maximum Gasteiger partial charge on any atom is 0.0944 e. The van der Waals surface area contributed by atoms with Crippen molar-refractivity contribution in [3.63, 3.8) is 0 Å². The van der Waals surface area contributed by atoms with Crippen LogP contribution in [0.4, 0.5) is 0 Å². The minimum absolute atomic E-state index is 0.390. The second kappa shape index (κ2) is 6.06. The predicted octanol–water partition coefficient (Wildman–Crippen LogP) is 5.36. The second-order valence-electron chi connectivity index (χ2n) is 4.64. The Labute approximate surface area is 115 Å². The van der Waals surface area contributed by atoms with Gasteiger partial charge in [-0.1, -0.05) is 80.4 Å². The first-order chi connectivity index (χ1) is 8.77. The maximum absolute atomic E-state index is 6.97. The van der Waals surface area contributed by atoms with Crippen LogP contribution in [0.15, 0.2) is 60.7 Å². The van der Waals surface area contributed by atoms with Gasteiger partial charge in [0, 0.05) is 0 Å². The van der Waals surface area contributed by atoms with Crippen molar-refractivity contribution in [1.29, 1.82) is 0 Å². The first-order valence-corrected chi connectivity index (χ1v) is 6.95. The lowest BCUT2D eigenvalue weighted by Gasteiger charge is -2.28. The lowest BCUT2D eigenvalue weighted by Crippen LogP contribution is -2.20. The van der Waals surface area contributed by atoms with E-state index in [1.807, 2.05) is 12.1 Å². The van der Waals surface area contributed by atoms with Crippen LogP contribution in [0.5, 0.6) is 0 Å². The number of rotatable bonds is 5. The van der Waals surface area contributed by atoms with Crippen LogP contribution in [0.25, 0.3) is 0 Å². The third kappa shape index (κ3) is 2.76. The van der Waals surface area contributed by atoms with E-state index < -0.39 is 4.87 Å². The molecule has 1 heteroatoms. The summed E-state index contributed by atoms with van der Waals surface area (Å²) in [6.07, 6.45) is 3.26. The standard InChI is InChI=1S/C17H19Cl/c1-2-3-14-17(18,15-10-6-4-7-11-15)16-12-8-5-9-13-16/h4-13H,2-3,14H2,1H3. The number of halogens is 1. The van der Waals surface area contributed by atoms with Crippen molar-refractivity contribution in [1.82, 2.24) is 0 Å². The van der Waals surface area contributed by atoms with Gasteiger partial charge in [-0.05, 0) is 17.5 Å². The predicted molar refractivity (Wildman–Crippen MR) is 79.0 cm³/mol. The molecule has 94 valence electrons. The number of unbranched alkanes of at least 4 members (excludes halogenated alkanes) is 1. The van der Waals surface area contributed by atoms with Crippen molar-refractivity contribution in [2.45, 2.75) is 31.1 Å². The summed E-state index contributed by atoms with van der Waals surface area (Å²) in [6.45, 7) is 2.20. The van der Waals surface area contributed by atoms with Crippen molar-refractivity contribution in [3.8, 4) is 0 Å². The fourth-order valence-corrected chi connectivity index (χ4v) is 2.67. The average molecular weight is 259 g/mol. The Morgan fingerprint density at radius 1 is 0.833 bits per heavy atom. The number of hydrogen-bond donors (Lipinski definition) is 0. The van der Waals surface area contributed by atoms with Crippen LogP contribution in [-0.2, 0) is 4.87 Å². The van der Waals surface area contributed by atoms with E-state index in [9.17, 15) is 0 Å². The molecule has 0 nitrogen and oxygen atoms in total. The highest BCUT2D eigenvalue weighted by Gasteiger charge is 2.30. The van der Waals surface area contributed by atoms with Crippen LogP contribution < -0.4 is 0 Å². The van der Waals surface area contributed by atoms with Gasteiger partial charge in [0.2, 0.25) is 0 Å². The highest BCUT2D eigenvalue weighted by molar-refractivity contribution is 6.26. The van der Waals surface area contributed by atoms with E-state index >= 15 is 0 Å². The van der Waals surface area contributed by atoms with Gasteiger partial charge in [-0.15, -0.1) is 11.6 Å². The summed E-state index contributed by atoms with van der Waals surface area (Å²) >= 11 is 6.97. The summed E-state index contributed by atoms with van der Waals surface area (Å²) < 4.78 is 0. The fraction of sp³-hybridized carbons (Fsp3) is 0.294. The zero-order chi connectivity index (χ0) is 12.8. The van der Waals surface area contributed by atoms with Gasteiger partial charge in [-0.3, -0.25) is 0 Å². The summed E-state index contributed by atoms with van der Waals surface area (Å²) in [5.41, 5.74) is 2.37. The normalized spacial score (nSPS) is 11.4. The molecule has 0 amide bonds. The molecule has 0 radical (unpaired) electrons. The number of benzene rings is 2. The molecular formula is C17H19Cl. The third-order valence-corrected chi connectivity index (χ3v) is 3.96. The molecule has 0 saturated heterocycles. The number of hydrogen-bond acceptors (Lipinski definition) is 0. The van der Waals surface area contributed by atoms with E-state index in [0.717, 1.165) is 19.3 Å². The van der Waals surface area contributed by atoms with E-state index in [-0.39, 0.29) is 0 Å². The lowest BCUT2D eigenvalue weighted by atomic mass is 9.86. The smallest absolute Gasteiger partial charge is 0.0944 e. The molecule has 0 saturated carbocycles. The molecule has 0 unspecified atom stereocenters. The van der Waals surface area contributed by atoms with Crippen LogP contribution in [-0.4, -0.2) is 0 Å². The monoisotopic (exact) mass is 258 g/mol. The fourth-order valence-electron chi connectivity index (χ4n) is 2.28. The molecule has 0 bridgehead atoms. The minimum atomic E-state index is -0.390. The van der Waals surface area contributed by atoms with Crippen molar-refractivity contribution < 1.29 is 0 Å². The summed E-state index contributed by atoms with van der Waals surface area (Å²) in [4.78, 5) is -0.390. The van der Waals surface area contributed by atoms with E-state index in [2.05, 4.69) is 55.5 Å². The highest BCUT2D eigenvalue weighted by atomic mass is 35.5. The molecule has 0 spiro atoms. The van der Waals surface area contributed by atoms with Crippen LogP contribution in [0.2, 0.25) is 0 Å². The van der Waals surface area contributed by atoms with E-state index in [0.29, 0.717) is 0 Å². The molecule has 2 aromatic rings. The van der Waals surface area contributed by atoms with Crippen molar-refractivity contribution in [2.75, 3.05) is 0 Å². The van der Waals surface area contributed by atoms with E-state index in [4.69, 9.17) is 11.6 Å². The molecule has 0 fully saturated rings. The molecule has 0 aliphatic rings. The van der Waals surface area contributed by atoms with E-state index in [1.54, 1.807) is 0 Å². The molecule has 0 atom stereocenters. The van der Waals surface area contributed by atoms with Gasteiger partial charge in [0.15, 0.2) is 0 Å². The van der Waals surface area contributed by atoms with Crippen LogP contribution in [0.1, 0.15) is 37.3 Å². The lowest BCUT2D eigenvalue weighted by molar-refractivity contribution is 0.599. The Morgan fingerprint density at radius 3 is 1.67 bits per heavy atom. The summed E-state index contributed by atoms with van der Waals surface area (Å²) in [7, 11) is 0. The Balaban J connectivity index is 2.41. The topological polar surface area (TPSA) is 0 Å². The maximum atomic E-state index is 6.97. The summed E-state index contributed by atoms with van der Waals surface area (Å²) in [6, 6.07) is 20.8. The van der Waals surface area contributed by atoms with Gasteiger partial charge in [-0.2, -0.15) is 0 Å². The second-order valence-corrected chi connectivity index (χ2v) is 5.28. The molecular weight excluding hydrogens is 240 g/mol. The summed E-state index contributed by atoms with van der Waals surface area (Å²) in [5, 5.41) is 0. The van der Waals surface area contributed by atoms with Gasteiger partial charge in [0.25, 0.3) is 0 Å². The third-order valence-electron chi connectivity index (χ3n) is 3.34. The van der Waals surface area contributed by atoms with Crippen molar-refractivity contribution in [3.05, 3.63) is 71.8 Å². The summed E-state index contributed by atoms with van der Waals surface area (Å²) in [5.74, 6) is 0. The molecule has 0 aromatic heterocycles. The van der Waals surface area contributed by atoms with Crippen LogP contribution >= 0.6 is 11.6 Å². The minimum Gasteiger partial charge on any atom is -0.109 e. The Hall–Kier alpha value is -1.27. The molecule has 0 aliphatic carbocycles. The Morgan fingerprint density at radius 2 is 1.28 bits per heavy atom. The highest BCUT2D eigenvalue weighted by Crippen LogP contribution is 2.40. The molecule has 0 aliphatic heterocycles. The van der Waals surface area contributed by atoms with Gasteiger partial charge in [0.05, 0.1) is 4.87 Å². The SMILES string of the molecule is CCCCC(Cl)(c1ccccc1)c1ccccc1. The van der Waals surface area contributed by atoms with Gasteiger partial charge in [-0.25, -0.2) is 0 Å². The number of alkyl halides is 1. The molecule has 2 rings (SSSR count). The Bertz CT molecular complexity index is 422. The van der Waals surface area contributed by atoms with Gasteiger partial charge < -0.3 is 0 Å². The Kier molecular flexibility index (Phi) is 4.43. The van der Waals surface area contributed by atoms with Gasteiger partial charge >= 0.3 is 0 Å².